The molecule has 1 amide bonds. The average molecular weight is 520 g/mol. The Hall–Kier alpha value is -3.86. The molecule has 1 aliphatic rings. The van der Waals surface area contributed by atoms with Gasteiger partial charge in [-0.05, 0) is 49.4 Å². The van der Waals surface area contributed by atoms with Crippen molar-refractivity contribution in [2.75, 3.05) is 36.6 Å². The maximum Gasteiger partial charge on any atom is 0.265 e. The molecule has 0 aliphatic carbocycles. The van der Waals surface area contributed by atoms with E-state index in [1.165, 1.54) is 17.4 Å². The van der Waals surface area contributed by atoms with Crippen molar-refractivity contribution < 1.29 is 18.7 Å². The summed E-state index contributed by atoms with van der Waals surface area (Å²) in [7, 11) is 0. The number of hydrogen-bond acceptors (Lipinski definition) is 8. The molecule has 1 saturated heterocycles. The highest BCUT2D eigenvalue weighted by atomic mass is 32.1. The molecule has 0 atom stereocenters. The Bertz CT molecular complexity index is 1410. The molecule has 1 fully saturated rings. The number of pyridine rings is 1. The Balaban J connectivity index is 1.32. The normalized spacial score (nSPS) is 14.2. The number of aromatic nitrogens is 2. The van der Waals surface area contributed by atoms with Gasteiger partial charge < -0.3 is 14.8 Å². The highest BCUT2D eigenvalue weighted by Crippen LogP contribution is 2.33. The van der Waals surface area contributed by atoms with E-state index >= 15 is 0 Å². The Morgan fingerprint density at radius 3 is 2.84 bits per heavy atom. The van der Waals surface area contributed by atoms with Crippen LogP contribution in [0.3, 0.4) is 0 Å². The Morgan fingerprint density at radius 1 is 1.22 bits per heavy atom. The van der Waals surface area contributed by atoms with Gasteiger partial charge in [-0.1, -0.05) is 23.5 Å². The van der Waals surface area contributed by atoms with Crippen LogP contribution in [0.15, 0.2) is 72.9 Å². The van der Waals surface area contributed by atoms with Gasteiger partial charge in [0.25, 0.3) is 5.91 Å². The summed E-state index contributed by atoms with van der Waals surface area (Å²) in [6.07, 6.45) is 4.96. The maximum absolute atomic E-state index is 14.7. The average Bonchev–Trinajstić information content (AvgIpc) is 3.31. The minimum Gasteiger partial charge on any atom is -0.484 e. The van der Waals surface area contributed by atoms with Crippen LogP contribution in [-0.4, -0.2) is 47.2 Å². The van der Waals surface area contributed by atoms with Crippen LogP contribution in [0.4, 0.5) is 20.9 Å². The van der Waals surface area contributed by atoms with Gasteiger partial charge in [0.1, 0.15) is 6.61 Å². The number of halogens is 1. The van der Waals surface area contributed by atoms with E-state index in [-0.39, 0.29) is 18.3 Å². The lowest BCUT2D eigenvalue weighted by molar-refractivity contribution is -0.118. The first kappa shape index (κ1) is 24.8. The molecule has 0 unspecified atom stereocenters. The number of amides is 1. The third-order valence-electron chi connectivity index (χ3n) is 5.69. The van der Waals surface area contributed by atoms with Crippen LogP contribution in [-0.2, 0) is 16.1 Å². The van der Waals surface area contributed by atoms with Crippen molar-refractivity contribution in [3.63, 3.8) is 0 Å². The summed E-state index contributed by atoms with van der Waals surface area (Å²) in [5.74, 6) is -0.445. The van der Waals surface area contributed by atoms with Gasteiger partial charge >= 0.3 is 0 Å². The minimum absolute atomic E-state index is 0.118. The van der Waals surface area contributed by atoms with Gasteiger partial charge in [0.2, 0.25) is 0 Å². The molecule has 10 heteroatoms. The zero-order chi connectivity index (χ0) is 25.6. The van der Waals surface area contributed by atoms with Crippen LogP contribution in [0, 0.1) is 5.82 Å². The zero-order valence-electron chi connectivity index (χ0n) is 20.3. The number of rotatable bonds is 8. The fourth-order valence-corrected chi connectivity index (χ4v) is 4.87. The topological polar surface area (TPSA) is 79.8 Å². The molecule has 4 aromatic rings. The molecule has 0 bridgehead atoms. The second-order valence-corrected chi connectivity index (χ2v) is 9.30. The number of hydrogen-bond donors (Lipinski definition) is 1. The number of benzene rings is 2. The van der Waals surface area contributed by atoms with Crippen LogP contribution in [0.25, 0.3) is 10.2 Å². The van der Waals surface area contributed by atoms with Crippen LogP contribution in [0.2, 0.25) is 0 Å². The second-order valence-electron chi connectivity index (χ2n) is 8.27. The van der Waals surface area contributed by atoms with Crippen molar-refractivity contribution in [2.24, 2.45) is 0 Å². The molecule has 5 rings (SSSR count). The van der Waals surface area contributed by atoms with E-state index < -0.39 is 5.82 Å². The monoisotopic (exact) mass is 519 g/mol. The van der Waals surface area contributed by atoms with Crippen LogP contribution >= 0.6 is 11.3 Å². The van der Waals surface area contributed by atoms with E-state index in [0.29, 0.717) is 37.1 Å². The molecule has 1 aliphatic heterocycles. The van der Waals surface area contributed by atoms with E-state index in [0.717, 1.165) is 21.6 Å². The van der Waals surface area contributed by atoms with E-state index in [1.807, 2.05) is 48.3 Å². The quantitative estimate of drug-likeness (QED) is 0.316. The van der Waals surface area contributed by atoms with Crippen molar-refractivity contribution in [3.05, 3.63) is 84.5 Å². The number of nitrogens with one attached hydrogen (secondary N) is 1. The molecule has 8 nitrogen and oxygen atoms in total. The molecule has 190 valence electrons. The summed E-state index contributed by atoms with van der Waals surface area (Å²) in [5, 5.41) is 7.47. The highest BCUT2D eigenvalue weighted by molar-refractivity contribution is 7.22. The molecule has 0 saturated carbocycles. The fourth-order valence-electron chi connectivity index (χ4n) is 3.95. The van der Waals surface area contributed by atoms with E-state index in [4.69, 9.17) is 9.47 Å². The molecular formula is C27H26FN5O3S. The van der Waals surface area contributed by atoms with E-state index in [2.05, 4.69) is 15.3 Å². The van der Waals surface area contributed by atoms with E-state index in [1.54, 1.807) is 35.5 Å². The van der Waals surface area contributed by atoms with Crippen molar-refractivity contribution >= 4 is 44.0 Å². The molecular weight excluding hydrogens is 493 g/mol. The number of anilines is 3. The van der Waals surface area contributed by atoms with Crippen molar-refractivity contribution in [3.8, 4) is 5.75 Å². The summed E-state index contributed by atoms with van der Waals surface area (Å²) in [4.78, 5) is 21.7. The van der Waals surface area contributed by atoms with Crippen LogP contribution in [0.1, 0.15) is 12.6 Å². The number of carbonyl (C=O) groups excluding carboxylic acids is 1. The minimum atomic E-state index is -0.479. The highest BCUT2D eigenvalue weighted by Gasteiger charge is 2.24. The number of morpholine rings is 1. The molecule has 2 aromatic carbocycles. The molecule has 0 radical (unpaired) electrons. The third kappa shape index (κ3) is 5.93. The molecule has 1 N–H and O–H groups in total. The standard InChI is InChI=1S/C27H26FN5O3S/c1-2-5-26(34)33(32-12-14-35-15-13-32)21-8-9-23-25(17-21)37-27(31-23)30-19-7-10-24(22(28)16-19)36-18-20-6-3-4-11-29-20/h2-11,16-17H,12-15,18H2,1H3,(H,30,31)/b5-2+. The third-order valence-corrected chi connectivity index (χ3v) is 6.62. The van der Waals surface area contributed by atoms with Gasteiger partial charge in [-0.3, -0.25) is 9.78 Å². The Labute approximate surface area is 217 Å². The second kappa shape index (κ2) is 11.5. The molecule has 3 heterocycles. The molecule has 0 spiro atoms. The number of fused-ring (bicyclic) bond motifs is 1. The summed E-state index contributed by atoms with van der Waals surface area (Å²) >= 11 is 1.43. The van der Waals surface area contributed by atoms with E-state index in [9.17, 15) is 9.18 Å². The summed E-state index contributed by atoms with van der Waals surface area (Å²) in [6, 6.07) is 15.9. The van der Waals surface area contributed by atoms with Gasteiger partial charge in [-0.15, -0.1) is 0 Å². The SMILES string of the molecule is C/C=C/C(=O)N(c1ccc2nc(Nc3ccc(OCc4ccccn4)c(F)c3)sc2c1)N1CCOCC1. The maximum atomic E-state index is 14.7. The first-order valence-electron chi connectivity index (χ1n) is 11.9. The lowest BCUT2D eigenvalue weighted by atomic mass is 10.2. The predicted octanol–water partition coefficient (Wildman–Crippen LogP) is 5.31. The summed E-state index contributed by atoms with van der Waals surface area (Å²) in [5.41, 5.74) is 2.82. The van der Waals surface area contributed by atoms with Crippen molar-refractivity contribution in [2.45, 2.75) is 13.5 Å². The first-order chi connectivity index (χ1) is 18.1. The van der Waals surface area contributed by atoms with Gasteiger partial charge in [-0.25, -0.2) is 19.4 Å². The lowest BCUT2D eigenvalue weighted by Gasteiger charge is -2.36. The van der Waals surface area contributed by atoms with Crippen LogP contribution in [0.5, 0.6) is 5.75 Å². The van der Waals surface area contributed by atoms with Gasteiger partial charge in [0.05, 0.1) is 34.8 Å². The summed E-state index contributed by atoms with van der Waals surface area (Å²) in [6.45, 7) is 4.40. The number of allylic oxidation sites excluding steroid dienone is 1. The first-order valence-corrected chi connectivity index (χ1v) is 12.7. The fraction of sp³-hybridized carbons (Fsp3) is 0.222. The number of thiazole rings is 1. The largest absolute Gasteiger partial charge is 0.484 e. The smallest absolute Gasteiger partial charge is 0.265 e. The van der Waals surface area contributed by atoms with Gasteiger partial charge in [-0.2, -0.15) is 0 Å². The number of hydrazine groups is 1. The van der Waals surface area contributed by atoms with Crippen LogP contribution < -0.4 is 15.1 Å². The van der Waals surface area contributed by atoms with Crippen molar-refractivity contribution in [1.82, 2.24) is 15.0 Å². The Kier molecular flexibility index (Phi) is 7.69. The Morgan fingerprint density at radius 2 is 2.08 bits per heavy atom. The summed E-state index contributed by atoms with van der Waals surface area (Å²) < 4.78 is 26.6. The van der Waals surface area contributed by atoms with Gasteiger partial charge in [0.15, 0.2) is 16.7 Å². The molecule has 2 aromatic heterocycles. The lowest BCUT2D eigenvalue weighted by Crippen LogP contribution is -2.51. The number of nitrogens with zero attached hydrogens (tertiary/aromatic N) is 4. The molecule has 37 heavy (non-hydrogen) atoms. The van der Waals surface area contributed by atoms with Gasteiger partial charge in [0, 0.05) is 37.1 Å². The zero-order valence-corrected chi connectivity index (χ0v) is 21.1. The predicted molar refractivity (Wildman–Crippen MR) is 143 cm³/mol. The number of carbonyl (C=O) groups is 1. The van der Waals surface area contributed by atoms with Crippen molar-refractivity contribution in [1.29, 1.82) is 0 Å². The number of ether oxygens (including phenoxy) is 2.